The minimum Gasteiger partial charge on any atom is -0.497 e. The van der Waals surface area contributed by atoms with Crippen LogP contribution in [0.3, 0.4) is 0 Å². The van der Waals surface area contributed by atoms with Crippen LogP contribution in [0.15, 0.2) is 42.5 Å². The third-order valence-corrected chi connectivity index (χ3v) is 6.39. The Kier molecular flexibility index (Phi) is 7.45. The maximum absolute atomic E-state index is 7.68. The molecule has 0 bridgehead atoms. The molecule has 2 aliphatic rings. The summed E-state index contributed by atoms with van der Waals surface area (Å²) < 4.78 is 16.9. The van der Waals surface area contributed by atoms with Crippen LogP contribution in [0.5, 0.6) is 11.5 Å². The van der Waals surface area contributed by atoms with Gasteiger partial charge >= 0.3 is 0 Å². The number of fused-ring (bicyclic) bond motifs is 1. The Balaban J connectivity index is 1.37. The summed E-state index contributed by atoms with van der Waals surface area (Å²) in [4.78, 5) is 4.74. The lowest BCUT2D eigenvalue weighted by Gasteiger charge is -2.33. The number of benzene rings is 2. The molecule has 0 aromatic heterocycles. The van der Waals surface area contributed by atoms with Crippen molar-refractivity contribution in [2.75, 3.05) is 60.2 Å². The first-order valence-electron chi connectivity index (χ1n) is 11.2. The Morgan fingerprint density at radius 1 is 1.13 bits per heavy atom. The summed E-state index contributed by atoms with van der Waals surface area (Å²) in [5.41, 5.74) is 4.05. The molecule has 2 atom stereocenters. The Bertz CT molecular complexity index is 842. The van der Waals surface area contributed by atoms with Crippen LogP contribution < -0.4 is 9.47 Å². The molecule has 168 valence electrons. The van der Waals surface area contributed by atoms with E-state index in [0.717, 1.165) is 50.7 Å². The molecule has 0 amide bonds. The summed E-state index contributed by atoms with van der Waals surface area (Å²) in [6.07, 6.45) is 0.960. The predicted molar refractivity (Wildman–Crippen MR) is 122 cm³/mol. The van der Waals surface area contributed by atoms with Gasteiger partial charge in [-0.15, -0.1) is 0 Å². The van der Waals surface area contributed by atoms with Gasteiger partial charge in [-0.2, -0.15) is 0 Å². The number of hydrogen-bond acceptors (Lipinski definition) is 5. The normalized spacial score (nSPS) is 22.2. The molecule has 0 radical (unpaired) electrons. The summed E-state index contributed by atoms with van der Waals surface area (Å²) in [5, 5.41) is 7.68. The van der Waals surface area contributed by atoms with Gasteiger partial charge < -0.3 is 24.2 Å². The number of nitrogens with zero attached hydrogens (tertiary/aromatic N) is 2. The minimum atomic E-state index is 0.225. The SMILES string of the molecule is COc1ccc(C2CN(C)Cc3cc(OCCCN4CCOCC4C[OH2+])ccc32)cc1. The fourth-order valence-corrected chi connectivity index (χ4v) is 4.66. The number of likely N-dealkylation sites (N-methyl/N-ethyl adjacent to an activating group) is 1. The molecule has 0 aliphatic carbocycles. The molecule has 31 heavy (non-hydrogen) atoms. The third-order valence-electron chi connectivity index (χ3n) is 6.39. The van der Waals surface area contributed by atoms with E-state index in [0.29, 0.717) is 25.7 Å². The van der Waals surface area contributed by atoms with Gasteiger partial charge in [-0.05, 0) is 54.4 Å². The Morgan fingerprint density at radius 3 is 2.71 bits per heavy atom. The monoisotopic (exact) mass is 427 g/mol. The second-order valence-corrected chi connectivity index (χ2v) is 8.55. The van der Waals surface area contributed by atoms with Crippen molar-refractivity contribution in [2.45, 2.75) is 24.9 Å². The van der Waals surface area contributed by atoms with Crippen LogP contribution in [-0.4, -0.2) is 81.2 Å². The number of morpholine rings is 1. The largest absolute Gasteiger partial charge is 0.497 e. The van der Waals surface area contributed by atoms with Crippen LogP contribution in [0.25, 0.3) is 0 Å². The summed E-state index contributed by atoms with van der Waals surface area (Å²) in [7, 11) is 3.88. The maximum Gasteiger partial charge on any atom is 0.161 e. The fourth-order valence-electron chi connectivity index (χ4n) is 4.66. The lowest BCUT2D eigenvalue weighted by atomic mass is 9.84. The van der Waals surface area contributed by atoms with Crippen molar-refractivity contribution in [3.05, 3.63) is 59.2 Å². The van der Waals surface area contributed by atoms with Crippen molar-refractivity contribution in [3.63, 3.8) is 0 Å². The van der Waals surface area contributed by atoms with Gasteiger partial charge in [-0.3, -0.25) is 4.90 Å². The molecule has 0 spiro atoms. The lowest BCUT2D eigenvalue weighted by molar-refractivity contribution is -0.0287. The summed E-state index contributed by atoms with van der Waals surface area (Å²) in [6, 6.07) is 15.2. The molecule has 6 nitrogen and oxygen atoms in total. The molecule has 2 unspecified atom stereocenters. The van der Waals surface area contributed by atoms with Gasteiger partial charge in [0.1, 0.15) is 17.5 Å². The average Bonchev–Trinajstić information content (AvgIpc) is 2.81. The molecule has 2 heterocycles. The van der Waals surface area contributed by atoms with E-state index in [1.54, 1.807) is 7.11 Å². The topological polar surface area (TPSA) is 57.1 Å². The fraction of sp³-hybridized carbons (Fsp3) is 0.520. The maximum atomic E-state index is 7.68. The number of hydrogen-bond donors (Lipinski definition) is 0. The van der Waals surface area contributed by atoms with Crippen molar-refractivity contribution in [3.8, 4) is 11.5 Å². The summed E-state index contributed by atoms with van der Waals surface area (Å²) in [5.74, 6) is 2.20. The molecule has 1 saturated heterocycles. The number of ether oxygens (including phenoxy) is 3. The number of rotatable bonds is 8. The van der Waals surface area contributed by atoms with E-state index in [4.69, 9.17) is 19.3 Å². The van der Waals surface area contributed by atoms with Gasteiger partial charge in [-0.25, -0.2) is 0 Å². The number of methoxy groups -OCH3 is 1. The Morgan fingerprint density at radius 2 is 1.94 bits per heavy atom. The first-order valence-corrected chi connectivity index (χ1v) is 11.2. The molecule has 0 saturated carbocycles. The highest BCUT2D eigenvalue weighted by atomic mass is 16.5. The van der Waals surface area contributed by atoms with Crippen molar-refractivity contribution >= 4 is 0 Å². The van der Waals surface area contributed by atoms with E-state index in [1.165, 1.54) is 16.7 Å². The van der Waals surface area contributed by atoms with Gasteiger partial charge in [0.05, 0.1) is 26.9 Å². The first-order chi connectivity index (χ1) is 15.2. The average molecular weight is 428 g/mol. The molecule has 6 heteroatoms. The van der Waals surface area contributed by atoms with Gasteiger partial charge in [0.2, 0.25) is 0 Å². The molecule has 2 aliphatic heterocycles. The van der Waals surface area contributed by atoms with Crippen LogP contribution in [0.4, 0.5) is 0 Å². The highest BCUT2D eigenvalue weighted by Crippen LogP contribution is 2.35. The van der Waals surface area contributed by atoms with Gasteiger partial charge in [0.25, 0.3) is 0 Å². The summed E-state index contributed by atoms with van der Waals surface area (Å²) in [6.45, 7) is 6.37. The second kappa shape index (κ2) is 10.5. The van der Waals surface area contributed by atoms with Crippen molar-refractivity contribution < 1.29 is 19.3 Å². The van der Waals surface area contributed by atoms with E-state index in [9.17, 15) is 0 Å². The smallest absolute Gasteiger partial charge is 0.161 e. The highest BCUT2D eigenvalue weighted by molar-refractivity contribution is 5.45. The van der Waals surface area contributed by atoms with E-state index < -0.39 is 0 Å². The van der Waals surface area contributed by atoms with E-state index >= 15 is 0 Å². The summed E-state index contributed by atoms with van der Waals surface area (Å²) >= 11 is 0. The van der Waals surface area contributed by atoms with Gasteiger partial charge in [-0.1, -0.05) is 18.2 Å². The van der Waals surface area contributed by atoms with Crippen molar-refractivity contribution in [2.24, 2.45) is 0 Å². The van der Waals surface area contributed by atoms with E-state index in [2.05, 4.69) is 47.2 Å². The zero-order valence-electron chi connectivity index (χ0n) is 18.7. The zero-order valence-corrected chi connectivity index (χ0v) is 18.7. The van der Waals surface area contributed by atoms with Gasteiger partial charge in [0.15, 0.2) is 6.61 Å². The standard InChI is InChI=1S/C25H34N2O4/c1-26-15-20-14-23(31-12-3-10-27-11-13-30-18-21(27)17-28)8-9-24(20)25(16-26)19-4-6-22(29-2)7-5-19/h4-9,14,21,25,28H,3,10-13,15-18H2,1-2H3/p+1. The molecule has 2 aromatic carbocycles. The molecule has 1 fully saturated rings. The van der Waals surface area contributed by atoms with Crippen LogP contribution >= 0.6 is 0 Å². The lowest BCUT2D eigenvalue weighted by Crippen LogP contribution is -2.47. The van der Waals surface area contributed by atoms with Crippen LogP contribution in [0.1, 0.15) is 29.0 Å². The second-order valence-electron chi connectivity index (χ2n) is 8.55. The Labute approximate surface area is 185 Å². The predicted octanol–water partition coefficient (Wildman–Crippen LogP) is 2.47. The molecule has 4 rings (SSSR count). The first kappa shape index (κ1) is 22.1. The van der Waals surface area contributed by atoms with Crippen molar-refractivity contribution in [1.29, 1.82) is 0 Å². The van der Waals surface area contributed by atoms with E-state index in [1.807, 2.05) is 12.1 Å². The molecular weight excluding hydrogens is 392 g/mol. The minimum absolute atomic E-state index is 0.225. The van der Waals surface area contributed by atoms with Gasteiger partial charge in [0, 0.05) is 32.1 Å². The third kappa shape index (κ3) is 5.39. The Hall–Kier alpha value is -2.12. The molecule has 2 aromatic rings. The quantitative estimate of drug-likeness (QED) is 0.479. The highest BCUT2D eigenvalue weighted by Gasteiger charge is 2.26. The van der Waals surface area contributed by atoms with Crippen LogP contribution in [0.2, 0.25) is 0 Å². The van der Waals surface area contributed by atoms with Crippen LogP contribution in [0, 0.1) is 0 Å². The van der Waals surface area contributed by atoms with Crippen LogP contribution in [-0.2, 0) is 11.3 Å². The van der Waals surface area contributed by atoms with E-state index in [-0.39, 0.29) is 6.04 Å². The molecule has 2 N–H and O–H groups in total. The molecular formula is C25H35N2O4+. The van der Waals surface area contributed by atoms with Crippen molar-refractivity contribution in [1.82, 2.24) is 9.80 Å². The zero-order chi connectivity index (χ0) is 21.6.